The first-order valence-corrected chi connectivity index (χ1v) is 6.62. The molecule has 1 rings (SSSR count). The zero-order chi connectivity index (χ0) is 15.2. The van der Waals surface area contributed by atoms with E-state index in [4.69, 9.17) is 10.00 Å². The van der Waals surface area contributed by atoms with E-state index in [0.29, 0.717) is 18.5 Å². The van der Waals surface area contributed by atoms with Crippen LogP contribution in [0, 0.1) is 28.4 Å². The summed E-state index contributed by atoms with van der Waals surface area (Å²) < 4.78 is 32.7. The van der Waals surface area contributed by atoms with E-state index < -0.39 is 17.0 Å². The summed E-state index contributed by atoms with van der Waals surface area (Å²) in [6, 6.07) is 4.63. The lowest BCUT2D eigenvalue weighted by Crippen LogP contribution is -2.15. The SMILES string of the molecule is CCNCc1cc(F)c(OCCC(C)(C)C#N)c(F)c1. The second kappa shape index (κ2) is 7.20. The molecule has 0 unspecified atom stereocenters. The van der Waals surface area contributed by atoms with Crippen molar-refractivity contribution in [1.82, 2.24) is 5.32 Å². The highest BCUT2D eigenvalue weighted by atomic mass is 19.1. The second-order valence-corrected chi connectivity index (χ2v) is 5.26. The first kappa shape index (κ1) is 16.4. The lowest BCUT2D eigenvalue weighted by Gasteiger charge is -2.16. The van der Waals surface area contributed by atoms with Gasteiger partial charge in [-0.3, -0.25) is 0 Å². The Balaban J connectivity index is 2.70. The Morgan fingerprint density at radius 3 is 2.40 bits per heavy atom. The highest BCUT2D eigenvalue weighted by Gasteiger charge is 2.18. The fourth-order valence-corrected chi connectivity index (χ4v) is 1.59. The number of rotatable bonds is 7. The molecule has 1 N–H and O–H groups in total. The maximum Gasteiger partial charge on any atom is 0.190 e. The maximum absolute atomic E-state index is 13.8. The molecule has 20 heavy (non-hydrogen) atoms. The van der Waals surface area contributed by atoms with E-state index in [1.165, 1.54) is 12.1 Å². The lowest BCUT2D eigenvalue weighted by molar-refractivity contribution is 0.243. The summed E-state index contributed by atoms with van der Waals surface area (Å²) in [7, 11) is 0. The molecule has 0 aliphatic carbocycles. The molecular weight excluding hydrogens is 262 g/mol. The minimum atomic E-state index is -0.715. The Bertz CT molecular complexity index is 472. The quantitative estimate of drug-likeness (QED) is 0.833. The van der Waals surface area contributed by atoms with E-state index in [1.807, 2.05) is 6.92 Å². The second-order valence-electron chi connectivity index (χ2n) is 5.26. The first-order valence-electron chi connectivity index (χ1n) is 6.62. The van der Waals surface area contributed by atoms with Gasteiger partial charge in [0, 0.05) is 6.54 Å². The van der Waals surface area contributed by atoms with E-state index in [-0.39, 0.29) is 12.4 Å². The fourth-order valence-electron chi connectivity index (χ4n) is 1.59. The highest BCUT2D eigenvalue weighted by molar-refractivity contribution is 5.31. The van der Waals surface area contributed by atoms with Crippen LogP contribution in [0.1, 0.15) is 32.8 Å². The molecule has 5 heteroatoms. The molecule has 1 aromatic carbocycles. The van der Waals surface area contributed by atoms with E-state index in [1.54, 1.807) is 13.8 Å². The van der Waals surface area contributed by atoms with Crippen LogP contribution in [-0.2, 0) is 6.54 Å². The normalized spacial score (nSPS) is 11.2. The zero-order valence-corrected chi connectivity index (χ0v) is 12.1. The van der Waals surface area contributed by atoms with Gasteiger partial charge in [-0.25, -0.2) is 8.78 Å². The molecule has 0 saturated carbocycles. The van der Waals surface area contributed by atoms with Crippen molar-refractivity contribution in [3.63, 3.8) is 0 Å². The van der Waals surface area contributed by atoms with Gasteiger partial charge in [-0.15, -0.1) is 0 Å². The number of ether oxygens (including phenoxy) is 1. The number of hydrogen-bond acceptors (Lipinski definition) is 3. The molecule has 0 aliphatic rings. The standard InChI is InChI=1S/C15H20F2N2O/c1-4-19-9-11-7-12(16)14(13(17)8-11)20-6-5-15(2,3)10-18/h7-8,19H,4-6,9H2,1-3H3. The fraction of sp³-hybridized carbons (Fsp3) is 0.533. The van der Waals surface area contributed by atoms with Crippen molar-refractivity contribution < 1.29 is 13.5 Å². The van der Waals surface area contributed by atoms with Crippen LogP contribution in [0.4, 0.5) is 8.78 Å². The van der Waals surface area contributed by atoms with Gasteiger partial charge >= 0.3 is 0 Å². The van der Waals surface area contributed by atoms with E-state index >= 15 is 0 Å². The Morgan fingerprint density at radius 2 is 1.90 bits per heavy atom. The Kier molecular flexibility index (Phi) is 5.90. The van der Waals surface area contributed by atoms with E-state index in [0.717, 1.165) is 6.54 Å². The maximum atomic E-state index is 13.8. The lowest BCUT2D eigenvalue weighted by atomic mass is 9.92. The number of hydrogen-bond donors (Lipinski definition) is 1. The van der Waals surface area contributed by atoms with Crippen LogP contribution in [0.2, 0.25) is 0 Å². The van der Waals surface area contributed by atoms with Crippen LogP contribution in [0.3, 0.4) is 0 Å². The van der Waals surface area contributed by atoms with Crippen molar-refractivity contribution in [3.8, 4) is 11.8 Å². The summed E-state index contributed by atoms with van der Waals surface area (Å²) in [6.07, 6.45) is 0.404. The summed E-state index contributed by atoms with van der Waals surface area (Å²) >= 11 is 0. The van der Waals surface area contributed by atoms with Crippen LogP contribution in [0.15, 0.2) is 12.1 Å². The van der Waals surface area contributed by atoms with Gasteiger partial charge in [0.05, 0.1) is 18.1 Å². The van der Waals surface area contributed by atoms with Gasteiger partial charge in [-0.05, 0) is 44.5 Å². The number of nitrogens with zero attached hydrogens (tertiary/aromatic N) is 1. The minimum Gasteiger partial charge on any atom is -0.488 e. The van der Waals surface area contributed by atoms with Gasteiger partial charge in [-0.1, -0.05) is 6.92 Å². The molecule has 0 radical (unpaired) electrons. The Morgan fingerprint density at radius 1 is 1.30 bits per heavy atom. The van der Waals surface area contributed by atoms with Gasteiger partial charge in [0.15, 0.2) is 17.4 Å². The average Bonchev–Trinajstić information content (AvgIpc) is 2.39. The molecule has 0 heterocycles. The Labute approximate surface area is 118 Å². The van der Waals surface area contributed by atoms with Crippen molar-refractivity contribution in [2.45, 2.75) is 33.7 Å². The molecule has 1 aromatic rings. The molecule has 0 fully saturated rings. The molecule has 0 spiro atoms. The van der Waals surface area contributed by atoms with Crippen molar-refractivity contribution >= 4 is 0 Å². The van der Waals surface area contributed by atoms with Gasteiger partial charge in [0.1, 0.15) is 0 Å². The number of halogens is 2. The molecule has 0 atom stereocenters. The van der Waals surface area contributed by atoms with E-state index in [2.05, 4.69) is 11.4 Å². The third-order valence-corrected chi connectivity index (χ3v) is 2.91. The molecule has 3 nitrogen and oxygen atoms in total. The smallest absolute Gasteiger partial charge is 0.190 e. The molecule has 110 valence electrons. The molecule has 0 amide bonds. The third kappa shape index (κ3) is 4.78. The predicted octanol–water partition coefficient (Wildman–Crippen LogP) is 3.39. The molecular formula is C15H20F2N2O. The molecule has 0 aromatic heterocycles. The van der Waals surface area contributed by atoms with Gasteiger partial charge in [0.25, 0.3) is 0 Å². The van der Waals surface area contributed by atoms with Gasteiger partial charge in [0.2, 0.25) is 0 Å². The van der Waals surface area contributed by atoms with Crippen molar-refractivity contribution in [2.24, 2.45) is 5.41 Å². The van der Waals surface area contributed by atoms with Gasteiger partial charge in [-0.2, -0.15) is 5.26 Å². The van der Waals surface area contributed by atoms with Crippen molar-refractivity contribution in [3.05, 3.63) is 29.3 Å². The largest absolute Gasteiger partial charge is 0.488 e. The summed E-state index contributed by atoms with van der Waals surface area (Å²) in [4.78, 5) is 0. The summed E-state index contributed by atoms with van der Waals surface area (Å²) in [5.41, 5.74) is -0.0376. The zero-order valence-electron chi connectivity index (χ0n) is 12.1. The molecule has 0 saturated heterocycles. The van der Waals surface area contributed by atoms with Crippen LogP contribution in [0.25, 0.3) is 0 Å². The van der Waals surface area contributed by atoms with Crippen LogP contribution in [-0.4, -0.2) is 13.2 Å². The van der Waals surface area contributed by atoms with Crippen LogP contribution >= 0.6 is 0 Å². The average molecular weight is 282 g/mol. The molecule has 0 aliphatic heterocycles. The number of benzene rings is 1. The first-order chi connectivity index (χ1) is 9.39. The number of nitrogens with one attached hydrogen (secondary N) is 1. The Hall–Kier alpha value is -1.67. The van der Waals surface area contributed by atoms with Gasteiger partial charge < -0.3 is 10.1 Å². The minimum absolute atomic E-state index is 0.0982. The van der Waals surface area contributed by atoms with Crippen LogP contribution < -0.4 is 10.1 Å². The van der Waals surface area contributed by atoms with E-state index in [9.17, 15) is 8.78 Å². The highest BCUT2D eigenvalue weighted by Crippen LogP contribution is 2.25. The topological polar surface area (TPSA) is 45.0 Å². The predicted molar refractivity (Wildman–Crippen MR) is 73.2 cm³/mol. The summed E-state index contributed by atoms with van der Waals surface area (Å²) in [5, 5.41) is 11.9. The number of nitriles is 1. The summed E-state index contributed by atoms with van der Waals surface area (Å²) in [5.74, 6) is -1.81. The third-order valence-electron chi connectivity index (χ3n) is 2.91. The monoisotopic (exact) mass is 282 g/mol. The van der Waals surface area contributed by atoms with Crippen molar-refractivity contribution in [1.29, 1.82) is 5.26 Å². The van der Waals surface area contributed by atoms with Crippen molar-refractivity contribution in [2.75, 3.05) is 13.2 Å². The van der Waals surface area contributed by atoms with Crippen LogP contribution in [0.5, 0.6) is 5.75 Å². The molecule has 0 bridgehead atoms. The summed E-state index contributed by atoms with van der Waals surface area (Å²) in [6.45, 7) is 6.66.